The smallest absolute Gasteiger partial charge is 0.187 e. The molecule has 0 bridgehead atoms. The first kappa shape index (κ1) is 30.0. The number of para-hydroxylation sites is 1. The molecular weight excluding hydrogens is 516 g/mol. The van der Waals surface area contributed by atoms with Crippen LogP contribution in [0.25, 0.3) is 22.4 Å². The lowest BCUT2D eigenvalue weighted by Crippen LogP contribution is -2.22. The van der Waals surface area contributed by atoms with E-state index in [0.29, 0.717) is 35.8 Å². The van der Waals surface area contributed by atoms with Gasteiger partial charge >= 0.3 is 0 Å². The van der Waals surface area contributed by atoms with Crippen molar-refractivity contribution in [1.29, 1.82) is 0 Å². The van der Waals surface area contributed by atoms with E-state index in [1.165, 1.54) is 18.7 Å². The van der Waals surface area contributed by atoms with E-state index < -0.39 is 13.0 Å². The van der Waals surface area contributed by atoms with Crippen molar-refractivity contribution in [3.63, 3.8) is 0 Å². The summed E-state index contributed by atoms with van der Waals surface area (Å²) in [7, 11) is 0. The van der Waals surface area contributed by atoms with Gasteiger partial charge in [0.05, 0.1) is 12.2 Å². The van der Waals surface area contributed by atoms with E-state index in [1.54, 1.807) is 0 Å². The predicted octanol–water partition coefficient (Wildman–Crippen LogP) is 8.18. The second kappa shape index (κ2) is 13.1. The largest absolute Gasteiger partial charge is 0.398 e. The maximum absolute atomic E-state index is 13.9. The van der Waals surface area contributed by atoms with Crippen molar-refractivity contribution in [3.8, 4) is 5.82 Å². The molecule has 0 fully saturated rings. The van der Waals surface area contributed by atoms with Gasteiger partial charge in [0, 0.05) is 47.5 Å². The molecule has 0 saturated carbocycles. The predicted molar refractivity (Wildman–Crippen MR) is 169 cm³/mol. The van der Waals surface area contributed by atoms with E-state index >= 15 is 0 Å². The van der Waals surface area contributed by atoms with Crippen molar-refractivity contribution in [2.24, 2.45) is 4.99 Å². The first-order valence-corrected chi connectivity index (χ1v) is 14.3. The highest BCUT2D eigenvalue weighted by atomic mass is 19.1. The number of benzene rings is 2. The summed E-state index contributed by atoms with van der Waals surface area (Å²) in [5, 5.41) is 4.56. The van der Waals surface area contributed by atoms with E-state index in [-0.39, 0.29) is 5.92 Å². The summed E-state index contributed by atoms with van der Waals surface area (Å²) in [4.78, 5) is 9.00. The van der Waals surface area contributed by atoms with Gasteiger partial charge in [0.2, 0.25) is 0 Å². The Labute approximate surface area is 242 Å². The van der Waals surface area contributed by atoms with Gasteiger partial charge in [-0.25, -0.2) is 9.37 Å². The van der Waals surface area contributed by atoms with Crippen molar-refractivity contribution >= 4 is 28.5 Å². The number of alkyl halides is 2. The summed E-state index contributed by atoms with van der Waals surface area (Å²) in [6.45, 7) is 14.0. The lowest BCUT2D eigenvalue weighted by molar-refractivity contribution is 0.377. The number of anilines is 1. The van der Waals surface area contributed by atoms with Gasteiger partial charge in [0.25, 0.3) is 0 Å². The number of aliphatic imine (C=N–C) groups is 1. The number of nitrogens with two attached hydrogens (primary N) is 1. The van der Waals surface area contributed by atoms with E-state index in [1.807, 2.05) is 31.2 Å². The molecule has 41 heavy (non-hydrogen) atoms. The van der Waals surface area contributed by atoms with Gasteiger partial charge in [0.15, 0.2) is 6.30 Å². The molecular formula is C34H41F2N5. The average Bonchev–Trinajstić information content (AvgIpc) is 3.39. The minimum Gasteiger partial charge on any atom is -0.398 e. The Morgan fingerprint density at radius 3 is 2.63 bits per heavy atom. The molecule has 2 heterocycles. The number of fused-ring (bicyclic) bond motifs is 1. The fourth-order valence-corrected chi connectivity index (χ4v) is 5.20. The lowest BCUT2D eigenvalue weighted by Gasteiger charge is -2.23. The van der Waals surface area contributed by atoms with Crippen LogP contribution < -0.4 is 11.1 Å². The standard InChI is InChI=1S/C34H41F2N5/c1-7-21(2)30-18-31(40-34(23(30)4)41-15-13-26-10-8-9-11-32(26)41)27(12-14-35)19-38-24(5)28-16-22(3)33(37)29(17-28)20-39-25(6)36/h8-11,13,15-18,20-21,25,27,38H,5,7,12,14,19,37H2,1-4,6H3/b39-20+. The first-order valence-electron chi connectivity index (χ1n) is 14.3. The maximum atomic E-state index is 13.9. The molecule has 0 spiro atoms. The average molecular weight is 558 g/mol. The molecule has 2 aromatic carbocycles. The fraction of sp³-hybridized carbons (Fsp3) is 0.353. The zero-order valence-corrected chi connectivity index (χ0v) is 24.7. The van der Waals surface area contributed by atoms with E-state index in [2.05, 4.69) is 72.7 Å². The second-order valence-electron chi connectivity index (χ2n) is 10.8. The Morgan fingerprint density at radius 1 is 1.17 bits per heavy atom. The zero-order chi connectivity index (χ0) is 29.7. The molecule has 216 valence electrons. The van der Waals surface area contributed by atoms with Gasteiger partial charge in [-0.15, -0.1) is 0 Å². The minimum absolute atomic E-state index is 0.177. The van der Waals surface area contributed by atoms with Crippen LogP contribution in [0.5, 0.6) is 0 Å². The third-order valence-corrected chi connectivity index (χ3v) is 7.90. The SMILES string of the molecule is C=C(NCC(CCF)c1cc(C(C)CC)c(C)c(-n2ccc3ccccc32)n1)c1cc(C)c(N)c(/C=N/C(C)F)c1. The third-order valence-electron chi connectivity index (χ3n) is 7.90. The number of nitrogens with zero attached hydrogens (tertiary/aromatic N) is 3. The van der Waals surface area contributed by atoms with Crippen LogP contribution in [-0.4, -0.2) is 35.3 Å². The Morgan fingerprint density at radius 2 is 1.93 bits per heavy atom. The van der Waals surface area contributed by atoms with Crippen LogP contribution in [0.4, 0.5) is 14.5 Å². The number of rotatable bonds is 12. The number of nitrogen functional groups attached to an aromatic ring is 1. The van der Waals surface area contributed by atoms with Gasteiger partial charge in [-0.2, -0.15) is 0 Å². The Hall–Kier alpha value is -4.00. The maximum Gasteiger partial charge on any atom is 0.187 e. The zero-order valence-electron chi connectivity index (χ0n) is 24.7. The molecule has 0 radical (unpaired) electrons. The molecule has 0 aliphatic rings. The molecule has 3 atom stereocenters. The second-order valence-corrected chi connectivity index (χ2v) is 10.8. The van der Waals surface area contributed by atoms with Gasteiger partial charge < -0.3 is 15.6 Å². The van der Waals surface area contributed by atoms with Crippen molar-refractivity contribution in [3.05, 3.63) is 94.8 Å². The van der Waals surface area contributed by atoms with Crippen LogP contribution in [-0.2, 0) is 0 Å². The summed E-state index contributed by atoms with van der Waals surface area (Å²) < 4.78 is 29.4. The Kier molecular flexibility index (Phi) is 9.58. The summed E-state index contributed by atoms with van der Waals surface area (Å²) >= 11 is 0. The first-order chi connectivity index (χ1) is 19.6. The molecule has 0 aliphatic carbocycles. The number of pyridine rings is 1. The number of hydrogen-bond acceptors (Lipinski definition) is 4. The molecule has 5 nitrogen and oxygen atoms in total. The Bertz CT molecular complexity index is 1550. The highest BCUT2D eigenvalue weighted by Crippen LogP contribution is 2.32. The van der Waals surface area contributed by atoms with Gasteiger partial charge in [-0.3, -0.25) is 9.38 Å². The van der Waals surface area contributed by atoms with Crippen LogP contribution in [0, 0.1) is 13.8 Å². The van der Waals surface area contributed by atoms with Crippen molar-refractivity contribution in [2.75, 3.05) is 19.0 Å². The van der Waals surface area contributed by atoms with Crippen LogP contribution in [0.1, 0.15) is 79.0 Å². The van der Waals surface area contributed by atoms with Crippen LogP contribution >= 0.6 is 0 Å². The molecule has 2 aromatic heterocycles. The number of nitrogens with one attached hydrogen (secondary N) is 1. The Balaban J connectivity index is 1.68. The fourth-order valence-electron chi connectivity index (χ4n) is 5.20. The molecule has 3 N–H and O–H groups in total. The number of aryl methyl sites for hydroxylation is 1. The van der Waals surface area contributed by atoms with Crippen molar-refractivity contribution < 1.29 is 8.78 Å². The lowest BCUT2D eigenvalue weighted by atomic mass is 9.91. The van der Waals surface area contributed by atoms with E-state index in [9.17, 15) is 8.78 Å². The summed E-state index contributed by atoms with van der Waals surface area (Å²) in [6.07, 6.45) is 3.51. The normalized spacial score (nSPS) is 13.9. The molecule has 0 aliphatic heterocycles. The molecule has 3 unspecified atom stereocenters. The molecule has 7 heteroatoms. The van der Waals surface area contributed by atoms with Crippen molar-refractivity contribution in [2.45, 2.75) is 65.6 Å². The third kappa shape index (κ3) is 6.67. The molecule has 4 rings (SSSR count). The number of aromatic nitrogens is 2. The summed E-state index contributed by atoms with van der Waals surface area (Å²) in [5.41, 5.74) is 14.0. The van der Waals surface area contributed by atoms with Gasteiger partial charge in [0.1, 0.15) is 5.82 Å². The summed E-state index contributed by atoms with van der Waals surface area (Å²) in [6, 6.07) is 16.3. The van der Waals surface area contributed by atoms with Crippen LogP contribution in [0.15, 0.2) is 66.3 Å². The highest BCUT2D eigenvalue weighted by Gasteiger charge is 2.21. The van der Waals surface area contributed by atoms with Crippen LogP contribution in [0.2, 0.25) is 0 Å². The monoisotopic (exact) mass is 557 g/mol. The molecule has 0 amide bonds. The minimum atomic E-state index is -1.32. The van der Waals surface area contributed by atoms with Gasteiger partial charge in [-0.05, 0) is 97.5 Å². The number of hydrogen-bond donors (Lipinski definition) is 2. The topological polar surface area (TPSA) is 68.2 Å². The highest BCUT2D eigenvalue weighted by molar-refractivity contribution is 5.90. The van der Waals surface area contributed by atoms with Crippen molar-refractivity contribution in [1.82, 2.24) is 14.9 Å². The molecule has 0 saturated heterocycles. The quantitative estimate of drug-likeness (QED) is 0.105. The molecule has 4 aromatic rings. The number of halogens is 2. The van der Waals surface area contributed by atoms with E-state index in [0.717, 1.165) is 45.5 Å². The summed E-state index contributed by atoms with van der Waals surface area (Å²) in [5.74, 6) is 1.03. The van der Waals surface area contributed by atoms with E-state index in [4.69, 9.17) is 10.7 Å². The van der Waals surface area contributed by atoms with Crippen LogP contribution in [0.3, 0.4) is 0 Å². The van der Waals surface area contributed by atoms with Gasteiger partial charge in [-0.1, -0.05) is 38.6 Å².